The molecule has 9 heteroatoms. The summed E-state index contributed by atoms with van der Waals surface area (Å²) in [7, 11) is -2.27. The third-order valence-corrected chi connectivity index (χ3v) is 6.71. The van der Waals surface area contributed by atoms with Crippen LogP contribution >= 0.6 is 0 Å². The SMILES string of the molecule is CN(C(=O)OC(C)(C)C)c1ccc(-c2cccc(F)c2N2CCCCS2(=O)=O)cc1F. The Morgan fingerprint density at radius 3 is 2.42 bits per heavy atom. The second-order valence-corrected chi connectivity index (χ2v) is 10.4. The van der Waals surface area contributed by atoms with Gasteiger partial charge in [-0.25, -0.2) is 22.0 Å². The Hall–Kier alpha value is -2.68. The van der Waals surface area contributed by atoms with Gasteiger partial charge >= 0.3 is 6.09 Å². The maximum Gasteiger partial charge on any atom is 0.414 e. The van der Waals surface area contributed by atoms with Crippen LogP contribution in [0.5, 0.6) is 0 Å². The van der Waals surface area contributed by atoms with Gasteiger partial charge in [-0.3, -0.25) is 9.21 Å². The minimum atomic E-state index is -3.66. The van der Waals surface area contributed by atoms with Gasteiger partial charge < -0.3 is 4.74 Å². The smallest absolute Gasteiger partial charge is 0.414 e. The van der Waals surface area contributed by atoms with Gasteiger partial charge in [0.1, 0.15) is 17.2 Å². The van der Waals surface area contributed by atoms with Crippen LogP contribution in [0.1, 0.15) is 33.6 Å². The summed E-state index contributed by atoms with van der Waals surface area (Å²) in [4.78, 5) is 13.3. The molecule has 31 heavy (non-hydrogen) atoms. The largest absolute Gasteiger partial charge is 0.443 e. The number of para-hydroxylation sites is 1. The van der Waals surface area contributed by atoms with Crippen LogP contribution in [0.4, 0.5) is 25.0 Å². The standard InChI is InChI=1S/C22H26F2N2O4S/c1-22(2,3)30-21(27)25(4)19-11-10-15(14-18(19)24)16-8-7-9-17(23)20(16)26-12-5-6-13-31(26,28)29/h7-11,14H,5-6,12-13H2,1-4H3. The average molecular weight is 453 g/mol. The van der Waals surface area contributed by atoms with Crippen molar-refractivity contribution in [2.45, 2.75) is 39.2 Å². The lowest BCUT2D eigenvalue weighted by Crippen LogP contribution is -2.38. The van der Waals surface area contributed by atoms with Crippen LogP contribution in [0.3, 0.4) is 0 Å². The summed E-state index contributed by atoms with van der Waals surface area (Å²) in [6, 6.07) is 8.25. The fraction of sp³-hybridized carbons (Fsp3) is 0.409. The van der Waals surface area contributed by atoms with Gasteiger partial charge in [0.15, 0.2) is 0 Å². The molecule has 1 aliphatic rings. The highest BCUT2D eigenvalue weighted by Crippen LogP contribution is 2.37. The minimum Gasteiger partial charge on any atom is -0.443 e. The number of ether oxygens (including phenoxy) is 1. The first kappa shape index (κ1) is 23.0. The first-order valence-electron chi connectivity index (χ1n) is 9.96. The van der Waals surface area contributed by atoms with Gasteiger partial charge in [0, 0.05) is 19.2 Å². The van der Waals surface area contributed by atoms with Crippen molar-refractivity contribution in [1.29, 1.82) is 0 Å². The summed E-state index contributed by atoms with van der Waals surface area (Å²) in [5, 5.41) is 0. The molecule has 1 heterocycles. The van der Waals surface area contributed by atoms with Gasteiger partial charge in [-0.15, -0.1) is 0 Å². The Bertz CT molecular complexity index is 1100. The van der Waals surface area contributed by atoms with Crippen molar-refractivity contribution < 1.29 is 26.7 Å². The molecule has 0 bridgehead atoms. The predicted molar refractivity (Wildman–Crippen MR) is 117 cm³/mol. The number of hydrogen-bond donors (Lipinski definition) is 0. The number of amides is 1. The van der Waals surface area contributed by atoms with Gasteiger partial charge in [-0.2, -0.15) is 0 Å². The quantitative estimate of drug-likeness (QED) is 0.662. The Labute approximate surface area is 181 Å². The number of anilines is 2. The van der Waals surface area contributed by atoms with Crippen molar-refractivity contribution in [2.24, 2.45) is 0 Å². The topological polar surface area (TPSA) is 66.9 Å². The van der Waals surface area contributed by atoms with E-state index in [1.165, 1.54) is 31.3 Å². The highest BCUT2D eigenvalue weighted by Gasteiger charge is 2.30. The number of sulfonamides is 1. The van der Waals surface area contributed by atoms with E-state index in [9.17, 15) is 22.0 Å². The van der Waals surface area contributed by atoms with Gasteiger partial charge in [-0.05, 0) is 57.4 Å². The molecule has 0 unspecified atom stereocenters. The molecule has 1 saturated heterocycles. The first-order valence-corrected chi connectivity index (χ1v) is 11.6. The Balaban J connectivity index is 2.01. The fourth-order valence-corrected chi connectivity index (χ4v) is 5.08. The lowest BCUT2D eigenvalue weighted by molar-refractivity contribution is 0.0588. The van der Waals surface area contributed by atoms with Gasteiger partial charge in [0.2, 0.25) is 10.0 Å². The number of halogens is 2. The van der Waals surface area contributed by atoms with E-state index in [1.807, 2.05) is 0 Å². The molecule has 0 radical (unpaired) electrons. The molecule has 3 rings (SSSR count). The molecular weight excluding hydrogens is 426 g/mol. The number of hydrogen-bond acceptors (Lipinski definition) is 4. The second kappa shape index (κ2) is 8.45. The first-order chi connectivity index (χ1) is 14.4. The molecule has 0 N–H and O–H groups in total. The Morgan fingerprint density at radius 1 is 1.10 bits per heavy atom. The zero-order valence-corrected chi connectivity index (χ0v) is 18.8. The molecule has 1 amide bonds. The molecular formula is C22H26F2N2O4S. The number of benzene rings is 2. The van der Waals surface area contributed by atoms with Crippen LogP contribution in [0.25, 0.3) is 11.1 Å². The molecule has 2 aromatic carbocycles. The van der Waals surface area contributed by atoms with E-state index < -0.39 is 33.4 Å². The molecule has 0 spiro atoms. The third-order valence-electron chi connectivity index (χ3n) is 4.87. The summed E-state index contributed by atoms with van der Waals surface area (Å²) < 4.78 is 61.1. The maximum atomic E-state index is 14.9. The third kappa shape index (κ3) is 4.98. The van der Waals surface area contributed by atoms with Crippen molar-refractivity contribution in [3.8, 4) is 11.1 Å². The summed E-state index contributed by atoms with van der Waals surface area (Å²) >= 11 is 0. The number of nitrogens with zero attached hydrogens (tertiary/aromatic N) is 2. The molecule has 0 aliphatic carbocycles. The summed E-state index contributed by atoms with van der Waals surface area (Å²) in [5.74, 6) is -1.48. The van der Waals surface area contributed by atoms with Crippen LogP contribution < -0.4 is 9.21 Å². The van der Waals surface area contributed by atoms with E-state index in [0.29, 0.717) is 18.4 Å². The molecule has 0 aromatic heterocycles. The normalized spacial score (nSPS) is 16.1. The average Bonchev–Trinajstić information content (AvgIpc) is 2.66. The van der Waals surface area contributed by atoms with E-state index in [0.717, 1.165) is 15.3 Å². The van der Waals surface area contributed by atoms with Crippen molar-refractivity contribution in [1.82, 2.24) is 0 Å². The summed E-state index contributed by atoms with van der Waals surface area (Å²) in [5.41, 5.74) is -0.278. The monoisotopic (exact) mass is 452 g/mol. The zero-order valence-electron chi connectivity index (χ0n) is 18.0. The van der Waals surface area contributed by atoms with Crippen molar-refractivity contribution in [2.75, 3.05) is 28.6 Å². The van der Waals surface area contributed by atoms with Crippen molar-refractivity contribution in [3.63, 3.8) is 0 Å². The lowest BCUT2D eigenvalue weighted by Gasteiger charge is -2.30. The highest BCUT2D eigenvalue weighted by molar-refractivity contribution is 7.92. The van der Waals surface area contributed by atoms with E-state index in [4.69, 9.17) is 4.74 Å². The molecule has 2 aromatic rings. The predicted octanol–water partition coefficient (Wildman–Crippen LogP) is 4.93. The molecule has 168 valence electrons. The minimum absolute atomic E-state index is 0.0125. The van der Waals surface area contributed by atoms with Gasteiger partial charge in [0.25, 0.3) is 0 Å². The van der Waals surface area contributed by atoms with Gasteiger partial charge in [-0.1, -0.05) is 18.2 Å². The highest BCUT2D eigenvalue weighted by atomic mass is 32.2. The van der Waals surface area contributed by atoms with Gasteiger partial charge in [0.05, 0.1) is 17.1 Å². The van der Waals surface area contributed by atoms with Crippen molar-refractivity contribution >= 4 is 27.5 Å². The van der Waals surface area contributed by atoms with E-state index >= 15 is 0 Å². The maximum absolute atomic E-state index is 14.9. The molecule has 1 aliphatic heterocycles. The van der Waals surface area contributed by atoms with E-state index in [1.54, 1.807) is 26.8 Å². The number of carbonyl (C=O) groups excluding carboxylic acids is 1. The Kier molecular flexibility index (Phi) is 6.27. The number of rotatable bonds is 3. The second-order valence-electron chi connectivity index (χ2n) is 8.44. The van der Waals surface area contributed by atoms with Crippen molar-refractivity contribution in [3.05, 3.63) is 48.0 Å². The summed E-state index contributed by atoms with van der Waals surface area (Å²) in [6.45, 7) is 5.28. The molecule has 6 nitrogen and oxygen atoms in total. The zero-order chi connectivity index (χ0) is 23.0. The van der Waals surface area contributed by atoms with Crippen LogP contribution in [0.2, 0.25) is 0 Å². The summed E-state index contributed by atoms with van der Waals surface area (Å²) in [6.07, 6.45) is 0.411. The van der Waals surface area contributed by atoms with Crippen LogP contribution in [0, 0.1) is 11.6 Å². The Morgan fingerprint density at radius 2 is 1.81 bits per heavy atom. The fourth-order valence-electron chi connectivity index (χ4n) is 3.42. The van der Waals surface area contributed by atoms with E-state index in [2.05, 4.69) is 0 Å². The molecule has 1 fully saturated rings. The molecule has 0 atom stereocenters. The lowest BCUT2D eigenvalue weighted by atomic mass is 10.0. The van der Waals surface area contributed by atoms with Crippen LogP contribution in [0.15, 0.2) is 36.4 Å². The van der Waals surface area contributed by atoms with E-state index in [-0.39, 0.29) is 29.2 Å². The van der Waals surface area contributed by atoms with Crippen LogP contribution in [-0.4, -0.2) is 39.5 Å². The molecule has 0 saturated carbocycles. The number of carbonyl (C=O) groups is 1. The van der Waals surface area contributed by atoms with Crippen LogP contribution in [-0.2, 0) is 14.8 Å².